The number of carbonyl (C=O) groups excluding carboxylic acids is 1. The molecule has 0 amide bonds. The summed E-state index contributed by atoms with van der Waals surface area (Å²) in [7, 11) is 0. The van der Waals surface area contributed by atoms with E-state index in [0.29, 0.717) is 12.6 Å². The number of hydrogen-bond donors (Lipinski definition) is 1. The average Bonchev–Trinajstić information content (AvgIpc) is 2.61. The number of carbonyl (C=O) groups is 1. The van der Waals surface area contributed by atoms with Gasteiger partial charge in [0, 0.05) is 6.04 Å². The van der Waals surface area contributed by atoms with Crippen LogP contribution in [0.5, 0.6) is 0 Å². The van der Waals surface area contributed by atoms with Gasteiger partial charge in [-0.15, -0.1) is 0 Å². The molecule has 1 unspecified atom stereocenters. The van der Waals surface area contributed by atoms with Gasteiger partial charge in [-0.1, -0.05) is 12.8 Å². The molecule has 0 radical (unpaired) electrons. The van der Waals surface area contributed by atoms with Crippen molar-refractivity contribution in [1.82, 2.24) is 5.32 Å². The minimum Gasteiger partial charge on any atom is -0.465 e. The Hall–Kier alpha value is -0.570. The van der Waals surface area contributed by atoms with E-state index in [0.717, 1.165) is 12.3 Å². The van der Waals surface area contributed by atoms with Crippen LogP contribution in [0.2, 0.25) is 0 Å². The number of hydrogen-bond acceptors (Lipinski definition) is 3. The van der Waals surface area contributed by atoms with Crippen molar-refractivity contribution >= 4 is 5.97 Å². The smallest absolute Gasteiger partial charge is 0.323 e. The zero-order valence-corrected chi connectivity index (χ0v) is 8.79. The third kappa shape index (κ3) is 1.92. The Balaban J connectivity index is 1.89. The number of esters is 1. The molecule has 1 saturated carbocycles. The summed E-state index contributed by atoms with van der Waals surface area (Å²) >= 11 is 0. The second kappa shape index (κ2) is 4.30. The minimum atomic E-state index is -0.0538. The maximum Gasteiger partial charge on any atom is 0.323 e. The Morgan fingerprint density at radius 2 is 2.21 bits per heavy atom. The van der Waals surface area contributed by atoms with Crippen LogP contribution < -0.4 is 5.32 Å². The van der Waals surface area contributed by atoms with Crippen molar-refractivity contribution in [3.63, 3.8) is 0 Å². The maximum absolute atomic E-state index is 11.5. The van der Waals surface area contributed by atoms with E-state index in [4.69, 9.17) is 4.74 Å². The molecule has 1 aliphatic carbocycles. The molecule has 0 aromatic rings. The van der Waals surface area contributed by atoms with E-state index in [-0.39, 0.29) is 12.0 Å². The first-order valence-corrected chi connectivity index (χ1v) is 5.74. The first-order valence-electron chi connectivity index (χ1n) is 5.74. The van der Waals surface area contributed by atoms with Gasteiger partial charge in [0.15, 0.2) is 0 Å². The van der Waals surface area contributed by atoms with Crippen LogP contribution in [-0.4, -0.2) is 24.7 Å². The van der Waals surface area contributed by atoms with Crippen LogP contribution in [0.15, 0.2) is 0 Å². The third-order valence-corrected chi connectivity index (χ3v) is 3.43. The molecule has 3 nitrogen and oxygen atoms in total. The fourth-order valence-electron chi connectivity index (χ4n) is 2.75. The van der Waals surface area contributed by atoms with E-state index in [1.165, 1.54) is 25.7 Å². The topological polar surface area (TPSA) is 38.3 Å². The van der Waals surface area contributed by atoms with Crippen LogP contribution in [0.25, 0.3) is 0 Å². The van der Waals surface area contributed by atoms with Crippen molar-refractivity contribution in [1.29, 1.82) is 0 Å². The highest BCUT2D eigenvalue weighted by molar-refractivity contribution is 5.76. The lowest BCUT2D eigenvalue weighted by Gasteiger charge is -2.24. The highest BCUT2D eigenvalue weighted by Crippen LogP contribution is 2.33. The predicted molar refractivity (Wildman–Crippen MR) is 53.9 cm³/mol. The van der Waals surface area contributed by atoms with Crippen LogP contribution >= 0.6 is 0 Å². The Kier molecular flexibility index (Phi) is 3.06. The van der Waals surface area contributed by atoms with Gasteiger partial charge >= 0.3 is 5.97 Å². The van der Waals surface area contributed by atoms with Crippen LogP contribution in [0.3, 0.4) is 0 Å². The summed E-state index contributed by atoms with van der Waals surface area (Å²) in [5.41, 5.74) is 0. The summed E-state index contributed by atoms with van der Waals surface area (Å²) in [5, 5.41) is 3.40. The number of nitrogens with one attached hydrogen (secondary N) is 1. The lowest BCUT2D eigenvalue weighted by molar-refractivity contribution is -0.145. The molecule has 1 heterocycles. The third-order valence-electron chi connectivity index (χ3n) is 3.43. The minimum absolute atomic E-state index is 0.0250. The van der Waals surface area contributed by atoms with Gasteiger partial charge in [-0.3, -0.25) is 4.79 Å². The molecule has 2 rings (SSSR count). The van der Waals surface area contributed by atoms with Gasteiger partial charge in [0.25, 0.3) is 0 Å². The van der Waals surface area contributed by atoms with Crippen molar-refractivity contribution in [3.8, 4) is 0 Å². The second-order valence-corrected chi connectivity index (χ2v) is 4.36. The van der Waals surface area contributed by atoms with Gasteiger partial charge in [-0.2, -0.15) is 0 Å². The largest absolute Gasteiger partial charge is 0.465 e. The summed E-state index contributed by atoms with van der Waals surface area (Å²) in [6, 6.07) is 0.557. The molecule has 0 aromatic carbocycles. The lowest BCUT2D eigenvalue weighted by atomic mass is 9.85. The van der Waals surface area contributed by atoms with Crippen molar-refractivity contribution in [2.45, 2.75) is 51.1 Å². The van der Waals surface area contributed by atoms with Crippen LogP contribution in [0, 0.1) is 5.92 Å². The number of fused-ring (bicyclic) bond motifs is 1. The van der Waals surface area contributed by atoms with Gasteiger partial charge in [0.2, 0.25) is 0 Å². The molecular formula is C11H19NO2. The van der Waals surface area contributed by atoms with Crippen molar-refractivity contribution in [2.75, 3.05) is 6.61 Å². The van der Waals surface area contributed by atoms with E-state index in [1.54, 1.807) is 0 Å². The van der Waals surface area contributed by atoms with Gasteiger partial charge in [-0.25, -0.2) is 0 Å². The van der Waals surface area contributed by atoms with Gasteiger partial charge in [0.1, 0.15) is 6.04 Å². The summed E-state index contributed by atoms with van der Waals surface area (Å²) in [6.07, 6.45) is 6.15. The molecular weight excluding hydrogens is 178 g/mol. The molecule has 1 aliphatic heterocycles. The fourth-order valence-corrected chi connectivity index (χ4v) is 2.75. The summed E-state index contributed by atoms with van der Waals surface area (Å²) < 4.78 is 5.03. The molecule has 2 fully saturated rings. The van der Waals surface area contributed by atoms with E-state index in [1.807, 2.05) is 6.92 Å². The standard InChI is InChI=1S/C11H19NO2/c1-2-14-11(13)10-7-8-5-3-4-6-9(8)12-10/h8-10,12H,2-7H2,1H3/t8?,9-,10-/m0/s1. The molecule has 3 heteroatoms. The van der Waals surface area contributed by atoms with Crippen LogP contribution in [0.1, 0.15) is 39.0 Å². The molecule has 0 spiro atoms. The van der Waals surface area contributed by atoms with Crippen LogP contribution in [-0.2, 0) is 9.53 Å². The molecule has 1 saturated heterocycles. The molecule has 1 N–H and O–H groups in total. The van der Waals surface area contributed by atoms with Crippen LogP contribution in [0.4, 0.5) is 0 Å². The predicted octanol–water partition coefficient (Wildman–Crippen LogP) is 1.47. The van der Waals surface area contributed by atoms with Crippen molar-refractivity contribution in [3.05, 3.63) is 0 Å². The first-order chi connectivity index (χ1) is 6.81. The Morgan fingerprint density at radius 1 is 1.43 bits per heavy atom. The Bertz CT molecular complexity index is 203. The summed E-state index contributed by atoms with van der Waals surface area (Å²) in [6.45, 7) is 2.35. The number of rotatable bonds is 2. The Labute approximate surface area is 85.2 Å². The van der Waals surface area contributed by atoms with Gasteiger partial charge < -0.3 is 10.1 Å². The summed E-state index contributed by atoms with van der Waals surface area (Å²) in [5.74, 6) is 0.667. The average molecular weight is 197 g/mol. The highest BCUT2D eigenvalue weighted by atomic mass is 16.5. The van der Waals surface area contributed by atoms with Crippen molar-refractivity contribution in [2.24, 2.45) is 5.92 Å². The second-order valence-electron chi connectivity index (χ2n) is 4.36. The molecule has 14 heavy (non-hydrogen) atoms. The van der Waals surface area contributed by atoms with Gasteiger partial charge in [-0.05, 0) is 32.1 Å². The SMILES string of the molecule is CCOC(=O)[C@@H]1CC2CCCC[C@@H]2N1. The molecule has 2 aliphatic rings. The molecule has 80 valence electrons. The van der Waals surface area contributed by atoms with Crippen molar-refractivity contribution < 1.29 is 9.53 Å². The molecule has 3 atom stereocenters. The first kappa shape index (κ1) is 9.97. The normalized spacial score (nSPS) is 36.5. The van der Waals surface area contributed by atoms with E-state index in [2.05, 4.69) is 5.32 Å². The fraction of sp³-hybridized carbons (Fsp3) is 0.909. The maximum atomic E-state index is 11.5. The van der Waals surface area contributed by atoms with E-state index >= 15 is 0 Å². The highest BCUT2D eigenvalue weighted by Gasteiger charge is 2.38. The monoisotopic (exact) mass is 197 g/mol. The summed E-state index contributed by atoms with van der Waals surface area (Å²) in [4.78, 5) is 11.5. The quantitative estimate of drug-likeness (QED) is 0.681. The zero-order valence-electron chi connectivity index (χ0n) is 8.79. The van der Waals surface area contributed by atoms with E-state index in [9.17, 15) is 4.79 Å². The molecule has 0 bridgehead atoms. The molecule has 0 aromatic heterocycles. The number of ether oxygens (including phenoxy) is 1. The van der Waals surface area contributed by atoms with E-state index < -0.39 is 0 Å². The Morgan fingerprint density at radius 3 is 2.93 bits per heavy atom. The van der Waals surface area contributed by atoms with Gasteiger partial charge in [0.05, 0.1) is 6.61 Å². The lowest BCUT2D eigenvalue weighted by Crippen LogP contribution is -2.38. The zero-order chi connectivity index (χ0) is 9.97.